The lowest BCUT2D eigenvalue weighted by Gasteiger charge is -2.20. The molecule has 2 aromatic rings. The zero-order valence-electron chi connectivity index (χ0n) is 21.6. The van der Waals surface area contributed by atoms with E-state index in [1.54, 1.807) is 12.1 Å². The number of rotatable bonds is 12. The Labute approximate surface area is 216 Å². The molecule has 200 valence electrons. The molecular weight excluding hydrogens is 478 g/mol. The number of methoxy groups -OCH3 is 1. The first-order chi connectivity index (χ1) is 17.6. The quantitative estimate of drug-likeness (QED) is 0.275. The van der Waals surface area contributed by atoms with E-state index in [-0.39, 0.29) is 32.0 Å². The maximum absolute atomic E-state index is 12.4. The molecule has 5 amide bonds. The van der Waals surface area contributed by atoms with Crippen LogP contribution in [0.3, 0.4) is 0 Å². The van der Waals surface area contributed by atoms with Crippen LogP contribution in [0, 0.1) is 12.8 Å². The summed E-state index contributed by atoms with van der Waals surface area (Å²) in [6.45, 7) is 3.98. The minimum absolute atomic E-state index is 0.0860. The number of urea groups is 2. The largest absolute Gasteiger partial charge is 0.495 e. The minimum Gasteiger partial charge on any atom is -0.495 e. The first-order valence-electron chi connectivity index (χ1n) is 11.9. The molecule has 0 heterocycles. The van der Waals surface area contributed by atoms with Crippen LogP contribution in [0.1, 0.15) is 24.5 Å². The predicted octanol–water partition coefficient (Wildman–Crippen LogP) is 3.06. The Morgan fingerprint density at radius 3 is 2.35 bits per heavy atom. The fraction of sp³-hybridized carbons (Fsp3) is 0.385. The van der Waals surface area contributed by atoms with Crippen LogP contribution in [0.5, 0.6) is 5.75 Å². The average Bonchev–Trinajstić information content (AvgIpc) is 2.86. The lowest BCUT2D eigenvalue weighted by molar-refractivity contribution is -0.141. The van der Waals surface area contributed by atoms with Crippen molar-refractivity contribution in [3.8, 4) is 5.75 Å². The van der Waals surface area contributed by atoms with Gasteiger partial charge in [-0.25, -0.2) is 9.59 Å². The van der Waals surface area contributed by atoms with Gasteiger partial charge in [-0.1, -0.05) is 31.2 Å². The van der Waals surface area contributed by atoms with Gasteiger partial charge in [0.25, 0.3) is 0 Å². The summed E-state index contributed by atoms with van der Waals surface area (Å²) in [6.07, 6.45) is 0.688. The molecule has 0 radical (unpaired) electrons. The summed E-state index contributed by atoms with van der Waals surface area (Å²) in [6, 6.07) is 12.0. The van der Waals surface area contributed by atoms with Crippen molar-refractivity contribution in [2.45, 2.75) is 26.7 Å². The van der Waals surface area contributed by atoms with Crippen molar-refractivity contribution in [3.63, 3.8) is 0 Å². The number of carboxylic acids is 1. The van der Waals surface area contributed by atoms with E-state index < -0.39 is 23.9 Å². The number of carbonyl (C=O) groups is 4. The number of hydrogen-bond acceptors (Lipinski definition) is 5. The fourth-order valence-corrected chi connectivity index (χ4v) is 3.41. The number of amides is 5. The first-order valence-corrected chi connectivity index (χ1v) is 11.9. The third kappa shape index (κ3) is 9.71. The Bertz CT molecular complexity index is 1110. The maximum Gasteiger partial charge on any atom is 0.323 e. The van der Waals surface area contributed by atoms with E-state index in [1.807, 2.05) is 37.3 Å². The van der Waals surface area contributed by atoms with Gasteiger partial charge in [0, 0.05) is 38.8 Å². The third-order valence-electron chi connectivity index (χ3n) is 5.59. The van der Waals surface area contributed by atoms with Gasteiger partial charge in [0.1, 0.15) is 5.75 Å². The van der Waals surface area contributed by atoms with Gasteiger partial charge < -0.3 is 36.0 Å². The van der Waals surface area contributed by atoms with E-state index in [2.05, 4.69) is 21.3 Å². The molecule has 1 atom stereocenters. The Kier molecular flexibility index (Phi) is 11.2. The molecule has 11 nitrogen and oxygen atoms in total. The van der Waals surface area contributed by atoms with Crippen molar-refractivity contribution in [2.24, 2.45) is 5.92 Å². The van der Waals surface area contributed by atoms with E-state index in [9.17, 15) is 19.2 Å². The second kappa shape index (κ2) is 14.3. The van der Waals surface area contributed by atoms with Gasteiger partial charge in [-0.2, -0.15) is 0 Å². The Hall–Kier alpha value is -4.28. The van der Waals surface area contributed by atoms with Crippen LogP contribution in [0.2, 0.25) is 0 Å². The van der Waals surface area contributed by atoms with E-state index in [0.29, 0.717) is 23.5 Å². The zero-order chi connectivity index (χ0) is 27.4. The molecule has 37 heavy (non-hydrogen) atoms. The SMILES string of the molecule is COc1cc(CCC(=O)NCCNC(=O)N(C)CC(C)C(=O)O)ccc1NC(=O)Nc1ccccc1C. The van der Waals surface area contributed by atoms with Crippen LogP contribution in [-0.2, 0) is 16.0 Å². The molecule has 2 aromatic carbocycles. The van der Waals surface area contributed by atoms with Crippen molar-refractivity contribution >= 4 is 35.3 Å². The highest BCUT2D eigenvalue weighted by Crippen LogP contribution is 2.26. The number of carboxylic acid groups (broad SMARTS) is 1. The van der Waals surface area contributed by atoms with E-state index in [1.165, 1.54) is 26.0 Å². The minimum atomic E-state index is -0.973. The number of aliphatic carboxylic acids is 1. The second-order valence-corrected chi connectivity index (χ2v) is 8.63. The summed E-state index contributed by atoms with van der Waals surface area (Å²) >= 11 is 0. The molecule has 0 aromatic heterocycles. The number of ether oxygens (including phenoxy) is 1. The molecule has 0 saturated heterocycles. The molecule has 0 saturated carbocycles. The number of carbonyl (C=O) groups excluding carboxylic acids is 3. The number of aryl methyl sites for hydroxylation is 2. The molecule has 5 N–H and O–H groups in total. The van der Waals surface area contributed by atoms with Gasteiger partial charge in [0.15, 0.2) is 0 Å². The van der Waals surface area contributed by atoms with Gasteiger partial charge in [0.2, 0.25) is 5.91 Å². The highest BCUT2D eigenvalue weighted by atomic mass is 16.5. The monoisotopic (exact) mass is 513 g/mol. The van der Waals surface area contributed by atoms with Crippen molar-refractivity contribution in [3.05, 3.63) is 53.6 Å². The highest BCUT2D eigenvalue weighted by molar-refractivity contribution is 6.01. The molecule has 0 bridgehead atoms. The predicted molar refractivity (Wildman–Crippen MR) is 141 cm³/mol. The molecule has 2 rings (SSSR count). The normalized spacial score (nSPS) is 11.1. The van der Waals surface area contributed by atoms with Gasteiger partial charge in [0.05, 0.1) is 18.7 Å². The molecule has 0 aliphatic carbocycles. The van der Waals surface area contributed by atoms with E-state index in [4.69, 9.17) is 9.84 Å². The number of para-hydroxylation sites is 1. The molecule has 1 unspecified atom stereocenters. The first kappa shape index (κ1) is 29.0. The number of benzene rings is 2. The number of nitrogens with zero attached hydrogens (tertiary/aromatic N) is 1. The highest BCUT2D eigenvalue weighted by Gasteiger charge is 2.17. The van der Waals surface area contributed by atoms with Crippen LogP contribution < -0.4 is 26.0 Å². The molecule has 0 spiro atoms. The third-order valence-corrected chi connectivity index (χ3v) is 5.59. The van der Waals surface area contributed by atoms with E-state index in [0.717, 1.165) is 11.1 Å². The summed E-state index contributed by atoms with van der Waals surface area (Å²) in [7, 11) is 3.02. The molecule has 11 heteroatoms. The van der Waals surface area contributed by atoms with Crippen LogP contribution in [-0.4, -0.2) is 67.7 Å². The Morgan fingerprint density at radius 1 is 1.00 bits per heavy atom. The maximum atomic E-state index is 12.4. The van der Waals surface area contributed by atoms with Crippen molar-refractivity contribution < 1.29 is 29.0 Å². The Balaban J connectivity index is 1.76. The van der Waals surface area contributed by atoms with Gasteiger partial charge in [-0.05, 0) is 42.7 Å². The smallest absolute Gasteiger partial charge is 0.323 e. The summed E-state index contributed by atoms with van der Waals surface area (Å²) in [5.41, 5.74) is 3.01. The number of nitrogens with one attached hydrogen (secondary N) is 4. The van der Waals surface area contributed by atoms with Crippen molar-refractivity contribution in [1.29, 1.82) is 0 Å². The van der Waals surface area contributed by atoms with Crippen LogP contribution >= 0.6 is 0 Å². The molecule has 0 fully saturated rings. The van der Waals surface area contributed by atoms with Crippen molar-refractivity contribution in [1.82, 2.24) is 15.5 Å². The summed E-state index contributed by atoms with van der Waals surface area (Å²) in [5.74, 6) is -1.35. The summed E-state index contributed by atoms with van der Waals surface area (Å²) < 4.78 is 5.41. The van der Waals surface area contributed by atoms with Crippen LogP contribution in [0.25, 0.3) is 0 Å². The summed E-state index contributed by atoms with van der Waals surface area (Å²) in [5, 5.41) is 19.9. The van der Waals surface area contributed by atoms with Gasteiger partial charge >= 0.3 is 18.0 Å². The van der Waals surface area contributed by atoms with E-state index >= 15 is 0 Å². The van der Waals surface area contributed by atoms with Gasteiger partial charge in [-0.3, -0.25) is 9.59 Å². The standard InChI is InChI=1S/C26H35N5O6/c1-17-7-5-6-8-20(17)29-25(35)30-21-11-9-19(15-22(21)37-4)10-12-23(32)27-13-14-28-26(36)31(3)16-18(2)24(33)34/h5-9,11,15,18H,10,12-14,16H2,1-4H3,(H,27,32)(H,28,36)(H,33,34)(H2,29,30,35). The molecular formula is C26H35N5O6. The molecule has 0 aliphatic rings. The number of anilines is 2. The second-order valence-electron chi connectivity index (χ2n) is 8.63. The van der Waals surface area contributed by atoms with Crippen molar-refractivity contribution in [2.75, 3.05) is 44.4 Å². The lowest BCUT2D eigenvalue weighted by Crippen LogP contribution is -2.43. The lowest BCUT2D eigenvalue weighted by atomic mass is 10.1. The van der Waals surface area contributed by atoms with Crippen LogP contribution in [0.4, 0.5) is 21.0 Å². The number of hydrogen-bond donors (Lipinski definition) is 5. The zero-order valence-corrected chi connectivity index (χ0v) is 21.6. The fourth-order valence-electron chi connectivity index (χ4n) is 3.41. The molecule has 0 aliphatic heterocycles. The topological polar surface area (TPSA) is 149 Å². The Morgan fingerprint density at radius 2 is 1.68 bits per heavy atom. The summed E-state index contributed by atoms with van der Waals surface area (Å²) in [4.78, 5) is 48.8. The van der Waals surface area contributed by atoms with Crippen LogP contribution in [0.15, 0.2) is 42.5 Å². The van der Waals surface area contributed by atoms with Gasteiger partial charge in [-0.15, -0.1) is 0 Å². The average molecular weight is 514 g/mol.